The first kappa shape index (κ1) is 18.3. The highest BCUT2D eigenvalue weighted by molar-refractivity contribution is 14.0. The molecule has 1 aromatic rings. The van der Waals surface area contributed by atoms with Crippen LogP contribution in [0.15, 0.2) is 29.3 Å². The maximum atomic E-state index is 12.5. The molecule has 1 aromatic carbocycles. The predicted molar refractivity (Wildman–Crippen MR) is 104 cm³/mol. The minimum absolute atomic E-state index is 0. The van der Waals surface area contributed by atoms with Crippen LogP contribution < -0.4 is 10.0 Å². The van der Waals surface area contributed by atoms with E-state index in [9.17, 15) is 8.42 Å². The number of halogens is 1. The number of hydrogen-bond acceptors (Lipinski definition) is 3. The first-order valence-electron chi connectivity index (χ1n) is 7.60. The molecule has 0 saturated heterocycles. The van der Waals surface area contributed by atoms with Crippen LogP contribution in [0.1, 0.15) is 18.4 Å². The molecule has 0 atom stereocenters. The summed E-state index contributed by atoms with van der Waals surface area (Å²) in [6.07, 6.45) is 3.04. The van der Waals surface area contributed by atoms with Gasteiger partial charge in [0.25, 0.3) is 0 Å². The number of fused-ring (bicyclic) bond motifs is 1. The number of nitrogens with two attached hydrogens (primary N) is 1. The summed E-state index contributed by atoms with van der Waals surface area (Å²) in [4.78, 5) is 6.14. The average Bonchev–Trinajstić information content (AvgIpc) is 3.24. The van der Waals surface area contributed by atoms with E-state index in [2.05, 4.69) is 4.99 Å². The van der Waals surface area contributed by atoms with Crippen molar-refractivity contribution in [2.75, 3.05) is 30.2 Å². The van der Waals surface area contributed by atoms with E-state index in [0.29, 0.717) is 18.5 Å². The largest absolute Gasteiger partial charge is 0.370 e. The Hall–Kier alpha value is -1.03. The summed E-state index contributed by atoms with van der Waals surface area (Å²) in [6, 6.07) is 8.12. The lowest BCUT2D eigenvalue weighted by Crippen LogP contribution is -2.37. The summed E-state index contributed by atoms with van der Waals surface area (Å²) in [5.41, 5.74) is 7.77. The van der Waals surface area contributed by atoms with Crippen LogP contribution in [0.5, 0.6) is 0 Å². The fourth-order valence-electron chi connectivity index (χ4n) is 2.74. The van der Waals surface area contributed by atoms with Crippen molar-refractivity contribution >= 4 is 45.6 Å². The molecule has 6 nitrogen and oxygen atoms in total. The Bertz CT molecular complexity index is 688. The van der Waals surface area contributed by atoms with Crippen molar-refractivity contribution in [1.29, 1.82) is 0 Å². The molecule has 1 saturated carbocycles. The Morgan fingerprint density at radius 3 is 2.78 bits per heavy atom. The predicted octanol–water partition coefficient (Wildman–Crippen LogP) is 1.41. The third-order valence-electron chi connectivity index (χ3n) is 4.26. The van der Waals surface area contributed by atoms with Gasteiger partial charge in [-0.2, -0.15) is 0 Å². The Labute approximate surface area is 154 Å². The molecule has 0 spiro atoms. The monoisotopic (exact) mass is 450 g/mol. The summed E-state index contributed by atoms with van der Waals surface area (Å²) < 4.78 is 26.5. The van der Waals surface area contributed by atoms with Crippen molar-refractivity contribution in [3.8, 4) is 0 Å². The van der Waals surface area contributed by atoms with Gasteiger partial charge in [0.05, 0.1) is 18.0 Å². The molecule has 1 aliphatic carbocycles. The van der Waals surface area contributed by atoms with Crippen molar-refractivity contribution in [2.24, 2.45) is 10.7 Å². The van der Waals surface area contributed by atoms with Gasteiger partial charge in [0.2, 0.25) is 10.0 Å². The van der Waals surface area contributed by atoms with Crippen molar-refractivity contribution in [3.05, 3.63) is 29.8 Å². The van der Waals surface area contributed by atoms with E-state index >= 15 is 0 Å². The first-order chi connectivity index (χ1) is 10.5. The lowest BCUT2D eigenvalue weighted by Gasteiger charge is -2.20. The molecule has 0 bridgehead atoms. The van der Waals surface area contributed by atoms with Gasteiger partial charge < -0.3 is 10.6 Å². The third-order valence-corrected chi connectivity index (χ3v) is 6.01. The molecule has 1 heterocycles. The van der Waals surface area contributed by atoms with E-state index in [-0.39, 0.29) is 36.3 Å². The molecule has 23 heavy (non-hydrogen) atoms. The topological polar surface area (TPSA) is 79.0 Å². The number of para-hydroxylation sites is 1. The van der Waals surface area contributed by atoms with Crippen molar-refractivity contribution < 1.29 is 8.42 Å². The van der Waals surface area contributed by atoms with E-state index in [1.807, 2.05) is 36.2 Å². The molecule has 0 aromatic heterocycles. The fourth-order valence-corrected chi connectivity index (χ4v) is 4.13. The standard InChI is InChI=1S/C15H22N4O2S.HI/c1-18(13-6-7-13)15(16)17-9-11-22(20,21)19-10-8-12-4-2-3-5-14(12)19;/h2-5,13H,6-11H2,1H3,(H2,16,17);1H. The molecular weight excluding hydrogens is 427 g/mol. The fraction of sp³-hybridized carbons (Fsp3) is 0.533. The van der Waals surface area contributed by atoms with Gasteiger partial charge in [-0.25, -0.2) is 8.42 Å². The highest BCUT2D eigenvalue weighted by Gasteiger charge is 2.29. The van der Waals surface area contributed by atoms with Crippen LogP contribution in [-0.4, -0.2) is 51.2 Å². The third kappa shape index (κ3) is 4.09. The molecule has 128 valence electrons. The lowest BCUT2D eigenvalue weighted by atomic mass is 10.2. The molecule has 0 unspecified atom stereocenters. The summed E-state index contributed by atoms with van der Waals surface area (Å²) in [6.45, 7) is 0.715. The van der Waals surface area contributed by atoms with Crippen molar-refractivity contribution in [2.45, 2.75) is 25.3 Å². The Kier molecular flexibility index (Phi) is 5.77. The number of aliphatic imine (C=N–C) groups is 1. The molecule has 1 fully saturated rings. The number of benzene rings is 1. The molecule has 0 radical (unpaired) electrons. The van der Waals surface area contributed by atoms with Crippen LogP contribution in [0.4, 0.5) is 5.69 Å². The number of sulfonamides is 1. The van der Waals surface area contributed by atoms with Gasteiger partial charge in [0.1, 0.15) is 0 Å². The SMILES string of the molecule is CN(C(N)=NCCS(=O)(=O)N1CCc2ccccc21)C1CC1.I. The molecule has 8 heteroatoms. The van der Waals surface area contributed by atoms with Gasteiger partial charge in [0, 0.05) is 19.6 Å². The molecule has 1 aliphatic heterocycles. The van der Waals surface area contributed by atoms with E-state index < -0.39 is 10.0 Å². The highest BCUT2D eigenvalue weighted by atomic mass is 127. The number of rotatable bonds is 5. The van der Waals surface area contributed by atoms with Gasteiger partial charge in [-0.1, -0.05) is 18.2 Å². The molecule has 3 rings (SSSR count). The maximum Gasteiger partial charge on any atom is 0.237 e. The second-order valence-corrected chi connectivity index (χ2v) is 7.86. The summed E-state index contributed by atoms with van der Waals surface area (Å²) in [5, 5.41) is 0. The first-order valence-corrected chi connectivity index (χ1v) is 9.21. The van der Waals surface area contributed by atoms with Crippen LogP contribution in [0.3, 0.4) is 0 Å². The minimum Gasteiger partial charge on any atom is -0.370 e. The summed E-state index contributed by atoms with van der Waals surface area (Å²) in [7, 11) is -1.44. The Balaban J connectivity index is 0.00000192. The van der Waals surface area contributed by atoms with Crippen LogP contribution in [0.25, 0.3) is 0 Å². The number of nitrogens with zero attached hydrogens (tertiary/aromatic N) is 3. The summed E-state index contributed by atoms with van der Waals surface area (Å²) in [5.74, 6) is 0.417. The number of hydrogen-bond donors (Lipinski definition) is 1. The quantitative estimate of drug-likeness (QED) is 0.418. The smallest absolute Gasteiger partial charge is 0.237 e. The Morgan fingerprint density at radius 2 is 2.09 bits per heavy atom. The zero-order valence-corrected chi connectivity index (χ0v) is 16.3. The second kappa shape index (κ2) is 7.25. The van der Waals surface area contributed by atoms with E-state index in [0.717, 1.165) is 30.5 Å². The van der Waals surface area contributed by atoms with Gasteiger partial charge in [-0.15, -0.1) is 24.0 Å². The second-order valence-electron chi connectivity index (χ2n) is 5.85. The average molecular weight is 450 g/mol. The van der Waals surface area contributed by atoms with Crippen LogP contribution >= 0.6 is 24.0 Å². The van der Waals surface area contributed by atoms with E-state index in [1.54, 1.807) is 0 Å². The van der Waals surface area contributed by atoms with Gasteiger partial charge in [-0.3, -0.25) is 9.30 Å². The highest BCUT2D eigenvalue weighted by Crippen LogP contribution is 2.30. The summed E-state index contributed by atoms with van der Waals surface area (Å²) >= 11 is 0. The Morgan fingerprint density at radius 1 is 1.39 bits per heavy atom. The lowest BCUT2D eigenvalue weighted by molar-refractivity contribution is 0.488. The van der Waals surface area contributed by atoms with E-state index in [4.69, 9.17) is 5.73 Å². The number of guanidine groups is 1. The van der Waals surface area contributed by atoms with Crippen LogP contribution in [-0.2, 0) is 16.4 Å². The van der Waals surface area contributed by atoms with Crippen molar-refractivity contribution in [1.82, 2.24) is 4.90 Å². The van der Waals surface area contributed by atoms with Crippen molar-refractivity contribution in [3.63, 3.8) is 0 Å². The van der Waals surface area contributed by atoms with Crippen LogP contribution in [0.2, 0.25) is 0 Å². The van der Waals surface area contributed by atoms with E-state index in [1.165, 1.54) is 4.31 Å². The maximum absolute atomic E-state index is 12.5. The zero-order valence-electron chi connectivity index (χ0n) is 13.2. The normalized spacial score (nSPS) is 17.6. The minimum atomic E-state index is -3.35. The molecular formula is C15H23IN4O2S. The van der Waals surface area contributed by atoms with Gasteiger partial charge in [-0.05, 0) is 30.9 Å². The van der Waals surface area contributed by atoms with Gasteiger partial charge in [0.15, 0.2) is 5.96 Å². The van der Waals surface area contributed by atoms with Gasteiger partial charge >= 0.3 is 0 Å². The molecule has 2 N–H and O–H groups in total. The molecule has 0 amide bonds. The zero-order chi connectivity index (χ0) is 15.7. The molecule has 2 aliphatic rings. The number of anilines is 1. The van der Waals surface area contributed by atoms with Crippen LogP contribution in [0, 0.1) is 0 Å².